The van der Waals surface area contributed by atoms with Crippen LogP contribution in [0.2, 0.25) is 5.02 Å². The van der Waals surface area contributed by atoms with Crippen molar-refractivity contribution >= 4 is 34.3 Å². The molecule has 1 aromatic carbocycles. The van der Waals surface area contributed by atoms with Crippen molar-refractivity contribution in [3.63, 3.8) is 0 Å². The van der Waals surface area contributed by atoms with E-state index in [1.807, 2.05) is 19.1 Å². The zero-order valence-electron chi connectivity index (χ0n) is 12.4. The molecule has 0 radical (unpaired) electrons. The van der Waals surface area contributed by atoms with Gasteiger partial charge >= 0.3 is 0 Å². The Hall–Kier alpha value is -2.40. The molecule has 112 valence electrons. The minimum Gasteiger partial charge on any atom is -0.336 e. The number of carbonyl (C=O) groups excluding carboxylic acids is 1. The molecule has 0 aliphatic carbocycles. The van der Waals surface area contributed by atoms with Crippen LogP contribution in [0.15, 0.2) is 28.8 Å². The second kappa shape index (κ2) is 5.42. The highest BCUT2D eigenvalue weighted by Gasteiger charge is 2.18. The highest BCUT2D eigenvalue weighted by Crippen LogP contribution is 2.24. The maximum atomic E-state index is 12.6. The molecule has 0 aliphatic heterocycles. The van der Waals surface area contributed by atoms with Crippen molar-refractivity contribution in [2.75, 3.05) is 5.32 Å². The summed E-state index contributed by atoms with van der Waals surface area (Å²) in [4.78, 5) is 16.8. The number of fused-ring (bicyclic) bond motifs is 1. The van der Waals surface area contributed by atoms with Gasteiger partial charge in [-0.15, -0.1) is 0 Å². The number of rotatable bonds is 2. The predicted molar refractivity (Wildman–Crippen MR) is 85.4 cm³/mol. The van der Waals surface area contributed by atoms with Crippen molar-refractivity contribution < 1.29 is 9.32 Å². The summed E-state index contributed by atoms with van der Waals surface area (Å²) in [5.74, 6) is -0.248. The van der Waals surface area contributed by atoms with E-state index in [2.05, 4.69) is 15.5 Å². The SMILES string of the molecule is Cc1cc(C(=O)Nc2ccc(C)c(Cl)c2)c2c(C)noc2n1. The molecule has 2 heterocycles. The van der Waals surface area contributed by atoms with Crippen LogP contribution in [0.25, 0.3) is 11.1 Å². The molecule has 2 aromatic heterocycles. The van der Waals surface area contributed by atoms with Crippen LogP contribution in [-0.2, 0) is 0 Å². The number of hydrogen-bond acceptors (Lipinski definition) is 4. The topological polar surface area (TPSA) is 68.0 Å². The number of pyridine rings is 1. The number of benzene rings is 1. The normalized spacial score (nSPS) is 10.9. The van der Waals surface area contributed by atoms with Crippen LogP contribution in [0.1, 0.15) is 27.3 Å². The van der Waals surface area contributed by atoms with Crippen molar-refractivity contribution in [2.24, 2.45) is 0 Å². The van der Waals surface area contributed by atoms with Gasteiger partial charge in [0.05, 0.1) is 16.6 Å². The molecule has 0 unspecified atom stereocenters. The number of aryl methyl sites for hydroxylation is 3. The smallest absolute Gasteiger partial charge is 0.258 e. The van der Waals surface area contributed by atoms with Gasteiger partial charge in [0.25, 0.3) is 11.6 Å². The summed E-state index contributed by atoms with van der Waals surface area (Å²) in [6.07, 6.45) is 0. The molecule has 1 N–H and O–H groups in total. The monoisotopic (exact) mass is 315 g/mol. The first-order valence-electron chi connectivity index (χ1n) is 6.77. The average Bonchev–Trinajstić information content (AvgIpc) is 2.83. The van der Waals surface area contributed by atoms with E-state index < -0.39 is 0 Å². The van der Waals surface area contributed by atoms with Gasteiger partial charge in [-0.25, -0.2) is 4.98 Å². The number of anilines is 1. The summed E-state index contributed by atoms with van der Waals surface area (Å²) in [6, 6.07) is 7.11. The van der Waals surface area contributed by atoms with E-state index in [-0.39, 0.29) is 5.91 Å². The number of hydrogen-bond donors (Lipinski definition) is 1. The Bertz CT molecular complexity index is 886. The molecule has 6 heteroatoms. The van der Waals surface area contributed by atoms with Crippen LogP contribution in [0.4, 0.5) is 5.69 Å². The van der Waals surface area contributed by atoms with Crippen LogP contribution in [0.5, 0.6) is 0 Å². The molecule has 0 fully saturated rings. The van der Waals surface area contributed by atoms with Gasteiger partial charge < -0.3 is 9.84 Å². The number of nitrogens with one attached hydrogen (secondary N) is 1. The molecule has 3 rings (SSSR count). The van der Waals surface area contributed by atoms with Gasteiger partial charge in [-0.3, -0.25) is 4.79 Å². The maximum Gasteiger partial charge on any atom is 0.258 e. The first kappa shape index (κ1) is 14.5. The summed E-state index contributed by atoms with van der Waals surface area (Å²) in [6.45, 7) is 5.49. The zero-order valence-corrected chi connectivity index (χ0v) is 13.2. The fourth-order valence-electron chi connectivity index (χ4n) is 2.27. The third kappa shape index (κ3) is 2.55. The molecule has 22 heavy (non-hydrogen) atoms. The Balaban J connectivity index is 2.01. The van der Waals surface area contributed by atoms with Crippen molar-refractivity contribution in [3.05, 3.63) is 51.8 Å². The summed E-state index contributed by atoms with van der Waals surface area (Å²) in [7, 11) is 0. The lowest BCUT2D eigenvalue weighted by atomic mass is 10.1. The Morgan fingerprint density at radius 2 is 2.00 bits per heavy atom. The summed E-state index contributed by atoms with van der Waals surface area (Å²) in [5, 5.41) is 7.95. The van der Waals surface area contributed by atoms with Gasteiger partial charge in [-0.2, -0.15) is 0 Å². The van der Waals surface area contributed by atoms with Crippen molar-refractivity contribution in [3.8, 4) is 0 Å². The number of nitrogens with zero attached hydrogens (tertiary/aromatic N) is 2. The lowest BCUT2D eigenvalue weighted by molar-refractivity contribution is 0.102. The molecule has 0 spiro atoms. The van der Waals surface area contributed by atoms with E-state index in [9.17, 15) is 4.79 Å². The van der Waals surface area contributed by atoms with E-state index in [1.165, 1.54) is 0 Å². The summed E-state index contributed by atoms with van der Waals surface area (Å²) in [5.41, 5.74) is 3.77. The van der Waals surface area contributed by atoms with Crippen LogP contribution >= 0.6 is 11.6 Å². The van der Waals surface area contributed by atoms with Gasteiger partial charge in [0.2, 0.25) is 0 Å². The minimum absolute atomic E-state index is 0.248. The van der Waals surface area contributed by atoms with Crippen LogP contribution < -0.4 is 5.32 Å². The molecular formula is C16H14ClN3O2. The Morgan fingerprint density at radius 3 is 2.73 bits per heavy atom. The average molecular weight is 316 g/mol. The highest BCUT2D eigenvalue weighted by molar-refractivity contribution is 6.31. The van der Waals surface area contributed by atoms with Crippen molar-refractivity contribution in [2.45, 2.75) is 20.8 Å². The Labute approximate surface area is 132 Å². The van der Waals surface area contributed by atoms with E-state index in [0.717, 1.165) is 5.56 Å². The predicted octanol–water partition coefficient (Wildman–Crippen LogP) is 4.05. The molecule has 1 amide bonds. The fraction of sp³-hybridized carbons (Fsp3) is 0.188. The maximum absolute atomic E-state index is 12.6. The Kier molecular flexibility index (Phi) is 3.58. The summed E-state index contributed by atoms with van der Waals surface area (Å²) >= 11 is 6.09. The van der Waals surface area contributed by atoms with Gasteiger partial charge in [-0.1, -0.05) is 22.8 Å². The second-order valence-corrected chi connectivity index (χ2v) is 5.58. The molecule has 0 atom stereocenters. The van der Waals surface area contributed by atoms with Crippen LogP contribution in [0, 0.1) is 20.8 Å². The molecule has 5 nitrogen and oxygen atoms in total. The van der Waals surface area contributed by atoms with Crippen LogP contribution in [-0.4, -0.2) is 16.0 Å². The van der Waals surface area contributed by atoms with Gasteiger partial charge in [0.1, 0.15) is 0 Å². The van der Waals surface area contributed by atoms with Gasteiger partial charge in [0, 0.05) is 16.4 Å². The fourth-order valence-corrected chi connectivity index (χ4v) is 2.45. The molecule has 0 saturated heterocycles. The quantitative estimate of drug-likeness (QED) is 0.774. The molecule has 3 aromatic rings. The molecule has 0 bridgehead atoms. The van der Waals surface area contributed by atoms with E-state index >= 15 is 0 Å². The lowest BCUT2D eigenvalue weighted by Gasteiger charge is -2.08. The number of carbonyl (C=O) groups is 1. The largest absolute Gasteiger partial charge is 0.336 e. The third-order valence-electron chi connectivity index (χ3n) is 3.42. The van der Waals surface area contributed by atoms with Crippen molar-refractivity contribution in [1.82, 2.24) is 10.1 Å². The van der Waals surface area contributed by atoms with Crippen molar-refractivity contribution in [1.29, 1.82) is 0 Å². The van der Waals surface area contributed by atoms with E-state index in [1.54, 1.807) is 26.0 Å². The molecule has 0 saturated carbocycles. The lowest BCUT2D eigenvalue weighted by Crippen LogP contribution is -2.13. The number of amides is 1. The molecule has 0 aliphatic rings. The Morgan fingerprint density at radius 1 is 1.23 bits per heavy atom. The van der Waals surface area contributed by atoms with Gasteiger partial charge in [0.15, 0.2) is 0 Å². The standard InChI is InChI=1S/C16H14ClN3O2/c1-8-4-5-11(7-13(8)17)19-15(21)12-6-9(2)18-16-14(12)10(3)20-22-16/h4-7H,1-3H3,(H,19,21). The van der Waals surface area contributed by atoms with Gasteiger partial charge in [-0.05, 0) is 44.5 Å². The summed E-state index contributed by atoms with van der Waals surface area (Å²) < 4.78 is 5.14. The first-order valence-corrected chi connectivity index (χ1v) is 7.14. The molecular weight excluding hydrogens is 302 g/mol. The minimum atomic E-state index is -0.248. The highest BCUT2D eigenvalue weighted by atomic mass is 35.5. The number of halogens is 1. The van der Waals surface area contributed by atoms with Crippen LogP contribution in [0.3, 0.4) is 0 Å². The van der Waals surface area contributed by atoms with E-state index in [4.69, 9.17) is 16.1 Å². The number of aromatic nitrogens is 2. The zero-order chi connectivity index (χ0) is 15.9. The van der Waals surface area contributed by atoms with E-state index in [0.29, 0.717) is 38.8 Å². The first-order chi connectivity index (χ1) is 10.5. The third-order valence-corrected chi connectivity index (χ3v) is 3.83. The second-order valence-electron chi connectivity index (χ2n) is 5.18.